The van der Waals surface area contributed by atoms with E-state index in [4.69, 9.17) is 10.5 Å². The van der Waals surface area contributed by atoms with Crippen molar-refractivity contribution in [2.75, 3.05) is 12.8 Å². The number of nitrogens with two attached hydrogens (primary N) is 1. The average Bonchev–Trinajstić information content (AvgIpc) is 1.94. The van der Waals surface area contributed by atoms with Crippen LogP contribution in [-0.2, 0) is 0 Å². The van der Waals surface area contributed by atoms with Gasteiger partial charge in [-0.3, -0.25) is 4.98 Å². The lowest BCUT2D eigenvalue weighted by Gasteiger charge is -2.02. The van der Waals surface area contributed by atoms with Crippen molar-refractivity contribution < 1.29 is 6.16 Å². The first kappa shape index (κ1) is 6.86. The Morgan fingerprint density at radius 1 is 1.70 bits per heavy atom. The molecule has 1 heterocycles. The summed E-state index contributed by atoms with van der Waals surface area (Å²) in [6, 6.07) is 1.75. The highest BCUT2D eigenvalue weighted by Gasteiger charge is 1.97. The number of aromatic nitrogens is 1. The van der Waals surface area contributed by atoms with Crippen LogP contribution < -0.4 is 10.5 Å². The lowest BCUT2D eigenvalue weighted by molar-refractivity contribution is 0.409. The van der Waals surface area contributed by atoms with Crippen molar-refractivity contribution in [2.24, 2.45) is 0 Å². The summed E-state index contributed by atoms with van der Waals surface area (Å²) in [4.78, 5) is 4.00. The molecule has 0 bridgehead atoms. The van der Waals surface area contributed by atoms with Crippen LogP contribution in [0, 0.1) is 6.92 Å². The molecule has 10 heavy (non-hydrogen) atoms. The van der Waals surface area contributed by atoms with E-state index in [1.165, 1.54) is 0 Å². The van der Waals surface area contributed by atoms with Gasteiger partial charge >= 0.3 is 0 Å². The normalized spacial score (nSPS) is 9.40. The van der Waals surface area contributed by atoms with Crippen LogP contribution >= 0.6 is 0 Å². The summed E-state index contributed by atoms with van der Waals surface area (Å²) >= 11 is 0. The maximum Gasteiger partial charge on any atom is 0.142 e. The molecule has 0 saturated carbocycles. The molecule has 0 unspecified atom stereocenters. The summed E-state index contributed by atoms with van der Waals surface area (Å²) < 4.78 is 4.98. The lowest BCUT2D eigenvalue weighted by atomic mass is 10.3. The minimum absolute atomic E-state index is 0. The Kier molecular flexibility index (Phi) is 1.76. The van der Waals surface area contributed by atoms with Gasteiger partial charge in [0.25, 0.3) is 0 Å². The second-order valence-electron chi connectivity index (χ2n) is 2.06. The van der Waals surface area contributed by atoms with Gasteiger partial charge in [0.15, 0.2) is 0 Å². The molecule has 0 aliphatic carbocycles. The van der Waals surface area contributed by atoms with Crippen molar-refractivity contribution in [1.29, 1.82) is 0 Å². The number of nitrogens with zero attached hydrogens (tertiary/aromatic N) is 1. The van der Waals surface area contributed by atoms with Crippen LogP contribution in [0.1, 0.15) is 7.12 Å². The van der Waals surface area contributed by atoms with Gasteiger partial charge in [-0.05, 0) is 6.92 Å². The highest BCUT2D eigenvalue weighted by Crippen LogP contribution is 2.16. The van der Waals surface area contributed by atoms with Gasteiger partial charge in [0, 0.05) is 7.49 Å². The Bertz CT molecular complexity index is 240. The zero-order valence-electron chi connectivity index (χ0n) is 6.09. The number of anilines is 1. The van der Waals surface area contributed by atoms with Crippen LogP contribution in [-0.4, -0.2) is 12.1 Å². The summed E-state index contributed by atoms with van der Waals surface area (Å²) in [7, 11) is 1.60. The average molecular weight is 140 g/mol. The van der Waals surface area contributed by atoms with Crippen molar-refractivity contribution >= 4 is 5.69 Å². The van der Waals surface area contributed by atoms with Gasteiger partial charge in [-0.25, -0.2) is 0 Å². The molecule has 1 aromatic heterocycles. The van der Waals surface area contributed by atoms with Gasteiger partial charge in [-0.2, -0.15) is 0 Å². The summed E-state index contributed by atoms with van der Waals surface area (Å²) in [5.74, 6) is 0.736. The standard InChI is InChI=1S/C7H10N2O.H2/c1-5-7(10-2)3-6(8)4-9-5;/h3-4H,8H2,1-2H3;1H. The lowest BCUT2D eigenvalue weighted by Crippen LogP contribution is -1.93. The molecule has 0 aliphatic heterocycles. The van der Waals surface area contributed by atoms with Crippen LogP contribution in [0.5, 0.6) is 5.75 Å². The first-order chi connectivity index (χ1) is 4.74. The summed E-state index contributed by atoms with van der Waals surface area (Å²) in [5.41, 5.74) is 6.95. The predicted octanol–water partition coefficient (Wildman–Crippen LogP) is 1.23. The van der Waals surface area contributed by atoms with Crippen molar-refractivity contribution in [3.05, 3.63) is 18.0 Å². The summed E-state index contributed by atoms with van der Waals surface area (Å²) in [6.45, 7) is 1.87. The van der Waals surface area contributed by atoms with Crippen LogP contribution in [0.4, 0.5) is 5.69 Å². The summed E-state index contributed by atoms with van der Waals surface area (Å²) in [5, 5.41) is 0. The van der Waals surface area contributed by atoms with Crippen LogP contribution in [0.2, 0.25) is 0 Å². The van der Waals surface area contributed by atoms with Gasteiger partial charge in [-0.15, -0.1) is 0 Å². The highest BCUT2D eigenvalue weighted by atomic mass is 16.5. The Hall–Kier alpha value is -1.25. The number of hydrogen-bond donors (Lipinski definition) is 1. The number of pyridine rings is 1. The van der Waals surface area contributed by atoms with Crippen molar-refractivity contribution in [3.8, 4) is 5.75 Å². The van der Waals surface area contributed by atoms with E-state index in [1.54, 1.807) is 19.4 Å². The monoisotopic (exact) mass is 140 g/mol. The molecule has 0 spiro atoms. The second kappa shape index (κ2) is 2.56. The van der Waals surface area contributed by atoms with Gasteiger partial charge in [0.1, 0.15) is 5.75 Å². The minimum atomic E-state index is 0. The fourth-order valence-electron chi connectivity index (χ4n) is 0.735. The molecular formula is C7H12N2O. The Labute approximate surface area is 61.3 Å². The number of aryl methyl sites for hydroxylation is 1. The third-order valence-corrected chi connectivity index (χ3v) is 1.28. The SMILES string of the molecule is COc1cc(N)cnc1C.[HH]. The molecular weight excluding hydrogens is 128 g/mol. The Morgan fingerprint density at radius 2 is 2.40 bits per heavy atom. The molecule has 0 amide bonds. The molecule has 1 rings (SSSR count). The van der Waals surface area contributed by atoms with E-state index >= 15 is 0 Å². The zero-order chi connectivity index (χ0) is 7.56. The number of ether oxygens (including phenoxy) is 1. The molecule has 3 heteroatoms. The predicted molar refractivity (Wildman–Crippen MR) is 42.1 cm³/mol. The maximum absolute atomic E-state index is 5.46. The van der Waals surface area contributed by atoms with Crippen molar-refractivity contribution in [3.63, 3.8) is 0 Å². The summed E-state index contributed by atoms with van der Waals surface area (Å²) in [6.07, 6.45) is 1.61. The van der Waals surface area contributed by atoms with E-state index in [2.05, 4.69) is 4.98 Å². The molecule has 2 N–H and O–H groups in total. The van der Waals surface area contributed by atoms with Gasteiger partial charge in [0.2, 0.25) is 0 Å². The zero-order valence-corrected chi connectivity index (χ0v) is 6.09. The van der Waals surface area contributed by atoms with E-state index in [0.717, 1.165) is 11.4 Å². The maximum atomic E-state index is 5.46. The number of nitrogen functional groups attached to an aromatic ring is 1. The smallest absolute Gasteiger partial charge is 0.142 e. The van der Waals surface area contributed by atoms with Crippen LogP contribution in [0.25, 0.3) is 0 Å². The van der Waals surface area contributed by atoms with E-state index in [-0.39, 0.29) is 1.43 Å². The molecule has 0 fully saturated rings. The third kappa shape index (κ3) is 1.18. The molecule has 0 aromatic carbocycles. The van der Waals surface area contributed by atoms with Gasteiger partial charge in [-0.1, -0.05) is 0 Å². The molecule has 0 radical (unpaired) electrons. The van der Waals surface area contributed by atoms with E-state index in [0.29, 0.717) is 5.69 Å². The fraction of sp³-hybridized carbons (Fsp3) is 0.286. The highest BCUT2D eigenvalue weighted by molar-refractivity contribution is 5.43. The number of hydrogen-bond acceptors (Lipinski definition) is 3. The number of methoxy groups -OCH3 is 1. The van der Waals surface area contributed by atoms with Crippen LogP contribution in [0.3, 0.4) is 0 Å². The molecule has 1 aromatic rings. The van der Waals surface area contributed by atoms with Gasteiger partial charge in [0.05, 0.1) is 24.7 Å². The van der Waals surface area contributed by atoms with E-state index in [9.17, 15) is 0 Å². The van der Waals surface area contributed by atoms with Crippen LogP contribution in [0.15, 0.2) is 12.3 Å². The number of rotatable bonds is 1. The fourth-order valence-corrected chi connectivity index (χ4v) is 0.735. The quantitative estimate of drug-likeness (QED) is 0.638. The van der Waals surface area contributed by atoms with E-state index in [1.807, 2.05) is 6.92 Å². The first-order valence-corrected chi connectivity index (χ1v) is 3.00. The molecule has 3 nitrogen and oxygen atoms in total. The molecule has 0 aliphatic rings. The second-order valence-corrected chi connectivity index (χ2v) is 2.06. The molecule has 0 saturated heterocycles. The topological polar surface area (TPSA) is 48.1 Å². The molecule has 0 atom stereocenters. The van der Waals surface area contributed by atoms with E-state index < -0.39 is 0 Å². The Balaban J connectivity index is 0.000001000. The third-order valence-electron chi connectivity index (χ3n) is 1.28. The van der Waals surface area contributed by atoms with Crippen molar-refractivity contribution in [1.82, 2.24) is 4.98 Å². The largest absolute Gasteiger partial charge is 0.495 e. The van der Waals surface area contributed by atoms with Gasteiger partial charge < -0.3 is 10.5 Å². The Morgan fingerprint density at radius 3 is 2.90 bits per heavy atom. The van der Waals surface area contributed by atoms with Crippen molar-refractivity contribution in [2.45, 2.75) is 6.92 Å². The molecule has 56 valence electrons. The minimum Gasteiger partial charge on any atom is -0.495 e. The first-order valence-electron chi connectivity index (χ1n) is 3.00.